The molecule has 0 bridgehead atoms. The van der Waals surface area contributed by atoms with E-state index in [0.717, 1.165) is 23.1 Å². The third-order valence-corrected chi connectivity index (χ3v) is 6.22. The summed E-state index contributed by atoms with van der Waals surface area (Å²) in [7, 11) is 2.11. The van der Waals surface area contributed by atoms with Gasteiger partial charge in [-0.15, -0.1) is 11.8 Å². The van der Waals surface area contributed by atoms with Gasteiger partial charge in [-0.05, 0) is 56.2 Å². The fraction of sp³-hybridized carbons (Fsp3) is 0.625. The molecule has 1 nitrogen and oxygen atoms in total. The van der Waals surface area contributed by atoms with Crippen molar-refractivity contribution in [3.63, 3.8) is 0 Å². The van der Waals surface area contributed by atoms with Crippen LogP contribution < -0.4 is 5.32 Å². The molecule has 1 saturated carbocycles. The number of benzene rings is 1. The fourth-order valence-corrected chi connectivity index (χ4v) is 5.14. The van der Waals surface area contributed by atoms with Crippen molar-refractivity contribution in [2.45, 2.75) is 48.8 Å². The molecule has 1 heterocycles. The Hall–Kier alpha value is -0.470. The van der Waals surface area contributed by atoms with Crippen LogP contribution in [0.25, 0.3) is 0 Å². The molecule has 2 aliphatic rings. The largest absolute Gasteiger partial charge is 0.317 e. The molecule has 1 aliphatic heterocycles. The number of hydrogen-bond acceptors (Lipinski definition) is 2. The van der Waals surface area contributed by atoms with Gasteiger partial charge in [0.15, 0.2) is 0 Å². The predicted octanol–water partition coefficient (Wildman–Crippen LogP) is 3.73. The van der Waals surface area contributed by atoms with Gasteiger partial charge in [-0.2, -0.15) is 0 Å². The van der Waals surface area contributed by atoms with E-state index in [4.69, 9.17) is 0 Å². The number of nitrogens with one attached hydrogen (secondary N) is 1. The van der Waals surface area contributed by atoms with E-state index in [0.29, 0.717) is 0 Å². The maximum Gasteiger partial charge on any atom is 0.0138 e. The van der Waals surface area contributed by atoms with Gasteiger partial charge in [0.2, 0.25) is 0 Å². The van der Waals surface area contributed by atoms with E-state index in [1.54, 1.807) is 5.56 Å². The molecule has 1 fully saturated rings. The Labute approximate surface area is 115 Å². The second-order valence-electron chi connectivity index (χ2n) is 5.88. The monoisotopic (exact) mass is 261 g/mol. The fourth-order valence-electron chi connectivity index (χ4n) is 3.71. The lowest BCUT2D eigenvalue weighted by molar-refractivity contribution is 0.345. The second kappa shape index (κ2) is 5.26. The summed E-state index contributed by atoms with van der Waals surface area (Å²) in [6, 6.07) is 9.69. The smallest absolute Gasteiger partial charge is 0.0138 e. The van der Waals surface area contributed by atoms with Crippen molar-refractivity contribution in [3.05, 3.63) is 29.8 Å². The standard InChI is InChI=1S/C16H23NS/c1-11-12(7-8-15(11)17-2)9-14-10-13-5-3-4-6-16(13)18-14/h3-6,11-12,14-15,17H,7-10H2,1-2H3. The van der Waals surface area contributed by atoms with Crippen LogP contribution in [-0.2, 0) is 6.42 Å². The van der Waals surface area contributed by atoms with E-state index in [9.17, 15) is 0 Å². The van der Waals surface area contributed by atoms with Gasteiger partial charge in [0.25, 0.3) is 0 Å². The molecule has 4 atom stereocenters. The van der Waals surface area contributed by atoms with Gasteiger partial charge in [-0.3, -0.25) is 0 Å². The number of thioether (sulfide) groups is 1. The summed E-state index contributed by atoms with van der Waals surface area (Å²) < 4.78 is 0. The Bertz CT molecular complexity index is 392. The summed E-state index contributed by atoms with van der Waals surface area (Å²) in [4.78, 5) is 1.53. The average Bonchev–Trinajstić information content (AvgIpc) is 2.94. The summed E-state index contributed by atoms with van der Waals surface area (Å²) in [5, 5.41) is 4.30. The zero-order valence-corrected chi connectivity index (χ0v) is 12.2. The maximum absolute atomic E-state index is 3.48. The first-order chi connectivity index (χ1) is 8.78. The van der Waals surface area contributed by atoms with Crippen molar-refractivity contribution >= 4 is 11.8 Å². The molecule has 2 heteroatoms. The van der Waals surface area contributed by atoms with Crippen LogP contribution in [0.2, 0.25) is 0 Å². The van der Waals surface area contributed by atoms with Gasteiger partial charge in [0, 0.05) is 16.2 Å². The summed E-state index contributed by atoms with van der Waals surface area (Å²) >= 11 is 2.11. The minimum atomic E-state index is 0.753. The molecule has 3 rings (SSSR count). The number of hydrogen-bond donors (Lipinski definition) is 1. The SMILES string of the molecule is CNC1CCC(CC2Cc3ccccc3S2)C1C. The van der Waals surface area contributed by atoms with Crippen molar-refractivity contribution in [2.75, 3.05) is 7.05 Å². The van der Waals surface area contributed by atoms with Crippen LogP contribution >= 0.6 is 11.8 Å². The molecule has 18 heavy (non-hydrogen) atoms. The lowest BCUT2D eigenvalue weighted by Gasteiger charge is -2.22. The predicted molar refractivity (Wildman–Crippen MR) is 79.1 cm³/mol. The van der Waals surface area contributed by atoms with Gasteiger partial charge in [0.05, 0.1) is 0 Å². The number of fused-ring (bicyclic) bond motifs is 1. The molecular weight excluding hydrogens is 238 g/mol. The normalized spacial score (nSPS) is 34.8. The lowest BCUT2D eigenvalue weighted by Crippen LogP contribution is -2.30. The van der Waals surface area contributed by atoms with E-state index < -0.39 is 0 Å². The highest BCUT2D eigenvalue weighted by Gasteiger charge is 2.34. The van der Waals surface area contributed by atoms with Crippen LogP contribution in [0.4, 0.5) is 0 Å². The topological polar surface area (TPSA) is 12.0 Å². The van der Waals surface area contributed by atoms with Crippen molar-refractivity contribution in [2.24, 2.45) is 11.8 Å². The summed E-state index contributed by atoms with van der Waals surface area (Å²) in [6.45, 7) is 2.44. The second-order valence-corrected chi connectivity index (χ2v) is 7.22. The van der Waals surface area contributed by atoms with Crippen LogP contribution in [0.15, 0.2) is 29.2 Å². The first-order valence-electron chi connectivity index (χ1n) is 7.19. The Balaban J connectivity index is 1.60. The van der Waals surface area contributed by atoms with E-state index in [2.05, 4.69) is 55.3 Å². The average molecular weight is 261 g/mol. The molecule has 0 saturated heterocycles. The minimum absolute atomic E-state index is 0.753. The molecule has 0 spiro atoms. The zero-order valence-electron chi connectivity index (χ0n) is 11.4. The summed E-state index contributed by atoms with van der Waals surface area (Å²) in [5.74, 6) is 1.77. The third-order valence-electron chi connectivity index (χ3n) is 4.88. The van der Waals surface area contributed by atoms with Crippen molar-refractivity contribution in [1.29, 1.82) is 0 Å². The quantitative estimate of drug-likeness (QED) is 0.890. The highest BCUT2D eigenvalue weighted by Crippen LogP contribution is 2.43. The molecule has 4 unspecified atom stereocenters. The third kappa shape index (κ3) is 2.33. The van der Waals surface area contributed by atoms with Gasteiger partial charge in [-0.25, -0.2) is 0 Å². The van der Waals surface area contributed by atoms with Crippen LogP contribution in [0.5, 0.6) is 0 Å². The van der Waals surface area contributed by atoms with Crippen molar-refractivity contribution in [3.8, 4) is 0 Å². The Kier molecular flexibility index (Phi) is 3.67. The minimum Gasteiger partial charge on any atom is -0.317 e. The molecule has 98 valence electrons. The van der Waals surface area contributed by atoms with E-state index in [1.807, 2.05) is 0 Å². The molecule has 1 aromatic carbocycles. The first kappa shape index (κ1) is 12.6. The highest BCUT2D eigenvalue weighted by molar-refractivity contribution is 8.00. The van der Waals surface area contributed by atoms with Crippen molar-refractivity contribution in [1.82, 2.24) is 5.32 Å². The number of rotatable bonds is 3. The van der Waals surface area contributed by atoms with Gasteiger partial charge in [0.1, 0.15) is 0 Å². The van der Waals surface area contributed by atoms with Crippen LogP contribution in [0.3, 0.4) is 0 Å². The highest BCUT2D eigenvalue weighted by atomic mass is 32.2. The molecule has 0 amide bonds. The molecule has 1 aliphatic carbocycles. The van der Waals surface area contributed by atoms with Gasteiger partial charge >= 0.3 is 0 Å². The van der Waals surface area contributed by atoms with E-state index in [1.165, 1.54) is 30.6 Å². The Morgan fingerprint density at radius 1 is 1.28 bits per heavy atom. The van der Waals surface area contributed by atoms with Gasteiger partial charge in [-0.1, -0.05) is 25.1 Å². The van der Waals surface area contributed by atoms with Crippen LogP contribution in [0, 0.1) is 11.8 Å². The van der Waals surface area contributed by atoms with Gasteiger partial charge < -0.3 is 5.32 Å². The lowest BCUT2D eigenvalue weighted by atomic mass is 9.90. The summed E-state index contributed by atoms with van der Waals surface area (Å²) in [5.41, 5.74) is 1.57. The van der Waals surface area contributed by atoms with Crippen LogP contribution in [0.1, 0.15) is 31.7 Å². The first-order valence-corrected chi connectivity index (χ1v) is 8.07. The van der Waals surface area contributed by atoms with E-state index in [-0.39, 0.29) is 0 Å². The molecule has 0 radical (unpaired) electrons. The Morgan fingerprint density at radius 3 is 2.83 bits per heavy atom. The maximum atomic E-state index is 3.48. The zero-order chi connectivity index (χ0) is 12.5. The molecular formula is C16H23NS. The van der Waals surface area contributed by atoms with Crippen molar-refractivity contribution < 1.29 is 0 Å². The van der Waals surface area contributed by atoms with Crippen LogP contribution in [-0.4, -0.2) is 18.3 Å². The molecule has 1 aromatic rings. The van der Waals surface area contributed by atoms with E-state index >= 15 is 0 Å². The molecule has 1 N–H and O–H groups in total. The Morgan fingerprint density at radius 2 is 2.11 bits per heavy atom. The summed E-state index contributed by atoms with van der Waals surface area (Å²) in [6.07, 6.45) is 5.47. The molecule has 0 aromatic heterocycles.